The van der Waals surface area contributed by atoms with Crippen molar-refractivity contribution in [2.75, 3.05) is 19.4 Å². The van der Waals surface area contributed by atoms with Crippen molar-refractivity contribution in [3.05, 3.63) is 17.9 Å². The Balaban J connectivity index is 2.46. The van der Waals surface area contributed by atoms with Crippen LogP contribution in [0.4, 0.5) is 0 Å². The molecule has 0 radical (unpaired) electrons. The van der Waals surface area contributed by atoms with E-state index in [1.54, 1.807) is 12.1 Å². The number of amides is 1. The van der Waals surface area contributed by atoms with Gasteiger partial charge in [0.15, 0.2) is 10.9 Å². The van der Waals surface area contributed by atoms with Crippen molar-refractivity contribution in [3.8, 4) is 0 Å². The molecule has 84 valence electrons. The summed E-state index contributed by atoms with van der Waals surface area (Å²) in [5, 5.41) is 12.2. The lowest BCUT2D eigenvalue weighted by Gasteiger charge is -2.07. The first-order chi connectivity index (χ1) is 7.17. The van der Waals surface area contributed by atoms with Gasteiger partial charge in [0.25, 0.3) is 5.91 Å². The average molecular weight is 229 g/mol. The second-order valence-corrected chi connectivity index (χ2v) is 4.13. The topological polar surface area (TPSA) is 62.5 Å². The first-order valence-electron chi connectivity index (χ1n) is 4.70. The van der Waals surface area contributed by atoms with Crippen LogP contribution >= 0.6 is 11.8 Å². The van der Waals surface area contributed by atoms with Crippen LogP contribution in [0.15, 0.2) is 21.6 Å². The number of hydrogen-bond donors (Lipinski definition) is 2. The molecular weight excluding hydrogens is 214 g/mol. The number of rotatable bonds is 5. The molecule has 0 aliphatic rings. The fourth-order valence-electron chi connectivity index (χ4n) is 0.970. The van der Waals surface area contributed by atoms with Gasteiger partial charge in [-0.15, -0.1) is 0 Å². The molecule has 4 nitrogen and oxygen atoms in total. The summed E-state index contributed by atoms with van der Waals surface area (Å²) in [6.45, 7) is 2.37. The number of hydrogen-bond acceptors (Lipinski definition) is 4. The summed E-state index contributed by atoms with van der Waals surface area (Å²) in [5.74, 6) is 0.129. The predicted octanol–water partition coefficient (Wildman–Crippen LogP) is 1.36. The molecule has 1 atom stereocenters. The van der Waals surface area contributed by atoms with Crippen molar-refractivity contribution in [3.63, 3.8) is 0 Å². The molecule has 1 unspecified atom stereocenters. The Kier molecular flexibility index (Phi) is 4.71. The van der Waals surface area contributed by atoms with Gasteiger partial charge in [-0.3, -0.25) is 4.79 Å². The van der Waals surface area contributed by atoms with Crippen molar-refractivity contribution < 1.29 is 14.3 Å². The van der Waals surface area contributed by atoms with E-state index in [-0.39, 0.29) is 18.4 Å². The lowest BCUT2D eigenvalue weighted by molar-refractivity contribution is 0.0909. The van der Waals surface area contributed by atoms with E-state index in [0.29, 0.717) is 12.3 Å². The summed E-state index contributed by atoms with van der Waals surface area (Å²) in [7, 11) is 0. The number of aliphatic hydroxyl groups is 1. The van der Waals surface area contributed by atoms with Crippen LogP contribution in [0, 0.1) is 5.92 Å². The maximum absolute atomic E-state index is 11.5. The van der Waals surface area contributed by atoms with Gasteiger partial charge in [-0.1, -0.05) is 18.7 Å². The number of furan rings is 1. The van der Waals surface area contributed by atoms with Crippen LogP contribution in [-0.4, -0.2) is 30.4 Å². The molecule has 2 N–H and O–H groups in total. The standard InChI is InChI=1S/C10H15NO3S/c1-7(6-12)5-11-10(13)8-3-4-9(14-8)15-2/h3-4,7,12H,5-6H2,1-2H3,(H,11,13). The normalized spacial score (nSPS) is 12.5. The highest BCUT2D eigenvalue weighted by Crippen LogP contribution is 2.17. The van der Waals surface area contributed by atoms with Gasteiger partial charge in [0.2, 0.25) is 0 Å². The number of aliphatic hydroxyl groups excluding tert-OH is 1. The number of carbonyl (C=O) groups is 1. The van der Waals surface area contributed by atoms with Crippen LogP contribution in [0.25, 0.3) is 0 Å². The van der Waals surface area contributed by atoms with E-state index >= 15 is 0 Å². The Bertz CT molecular complexity index is 324. The minimum atomic E-state index is -0.240. The van der Waals surface area contributed by atoms with Crippen molar-refractivity contribution in [1.29, 1.82) is 0 Å². The second kappa shape index (κ2) is 5.82. The zero-order valence-corrected chi connectivity index (χ0v) is 9.63. The molecule has 0 aliphatic carbocycles. The van der Waals surface area contributed by atoms with E-state index in [1.807, 2.05) is 13.2 Å². The highest BCUT2D eigenvalue weighted by atomic mass is 32.2. The van der Waals surface area contributed by atoms with E-state index in [2.05, 4.69) is 5.32 Å². The van der Waals surface area contributed by atoms with Gasteiger partial charge < -0.3 is 14.8 Å². The van der Waals surface area contributed by atoms with Crippen LogP contribution in [0.1, 0.15) is 17.5 Å². The molecule has 0 saturated carbocycles. The highest BCUT2D eigenvalue weighted by molar-refractivity contribution is 7.98. The van der Waals surface area contributed by atoms with Gasteiger partial charge in [0.05, 0.1) is 0 Å². The maximum atomic E-state index is 11.5. The highest BCUT2D eigenvalue weighted by Gasteiger charge is 2.11. The maximum Gasteiger partial charge on any atom is 0.287 e. The average Bonchev–Trinajstić information content (AvgIpc) is 2.73. The number of nitrogens with one attached hydrogen (secondary N) is 1. The fraction of sp³-hybridized carbons (Fsp3) is 0.500. The lowest BCUT2D eigenvalue weighted by Crippen LogP contribution is -2.29. The molecular formula is C10H15NO3S. The summed E-state index contributed by atoms with van der Waals surface area (Å²) < 4.78 is 5.25. The molecule has 5 heteroatoms. The molecule has 1 amide bonds. The van der Waals surface area contributed by atoms with E-state index in [1.165, 1.54) is 11.8 Å². The molecule has 0 spiro atoms. The van der Waals surface area contributed by atoms with Gasteiger partial charge in [0.1, 0.15) is 0 Å². The van der Waals surface area contributed by atoms with Crippen LogP contribution in [0.5, 0.6) is 0 Å². The Labute approximate surface area is 93.0 Å². The minimum absolute atomic E-state index is 0.0592. The number of carbonyl (C=O) groups excluding carboxylic acids is 1. The molecule has 0 fully saturated rings. The number of thioether (sulfide) groups is 1. The SMILES string of the molecule is CSc1ccc(C(=O)NCC(C)CO)o1. The van der Waals surface area contributed by atoms with Crippen LogP contribution < -0.4 is 5.32 Å². The van der Waals surface area contributed by atoms with Crippen molar-refractivity contribution in [2.24, 2.45) is 5.92 Å². The fourth-order valence-corrected chi connectivity index (χ4v) is 1.35. The third kappa shape index (κ3) is 3.60. The molecule has 1 aromatic heterocycles. The van der Waals surface area contributed by atoms with Gasteiger partial charge in [-0.2, -0.15) is 0 Å². The van der Waals surface area contributed by atoms with Crippen molar-refractivity contribution in [1.82, 2.24) is 5.32 Å². The molecule has 15 heavy (non-hydrogen) atoms. The monoisotopic (exact) mass is 229 g/mol. The second-order valence-electron chi connectivity index (χ2n) is 3.32. The lowest BCUT2D eigenvalue weighted by atomic mass is 10.2. The molecule has 0 bridgehead atoms. The molecule has 0 aromatic carbocycles. The predicted molar refractivity (Wildman–Crippen MR) is 59.1 cm³/mol. The molecule has 1 heterocycles. The zero-order chi connectivity index (χ0) is 11.3. The quantitative estimate of drug-likeness (QED) is 0.748. The van der Waals surface area contributed by atoms with Gasteiger partial charge in [-0.05, 0) is 24.3 Å². The summed E-state index contributed by atoms with van der Waals surface area (Å²) in [6.07, 6.45) is 1.88. The Hall–Kier alpha value is -0.940. The molecule has 1 rings (SSSR count). The van der Waals surface area contributed by atoms with Crippen molar-refractivity contribution in [2.45, 2.75) is 12.0 Å². The largest absolute Gasteiger partial charge is 0.445 e. The van der Waals surface area contributed by atoms with Crippen LogP contribution in [-0.2, 0) is 0 Å². The summed E-state index contributed by atoms with van der Waals surface area (Å²) >= 11 is 1.45. The van der Waals surface area contributed by atoms with Gasteiger partial charge in [0, 0.05) is 13.2 Å². The summed E-state index contributed by atoms with van der Waals surface area (Å²) in [4.78, 5) is 11.5. The smallest absolute Gasteiger partial charge is 0.287 e. The molecule has 0 aliphatic heterocycles. The van der Waals surface area contributed by atoms with Crippen LogP contribution in [0.2, 0.25) is 0 Å². The Morgan fingerprint density at radius 1 is 1.67 bits per heavy atom. The van der Waals surface area contributed by atoms with E-state index in [4.69, 9.17) is 9.52 Å². The molecule has 1 aromatic rings. The first-order valence-corrected chi connectivity index (χ1v) is 5.92. The summed E-state index contributed by atoms with van der Waals surface area (Å²) in [6, 6.07) is 3.40. The third-order valence-electron chi connectivity index (χ3n) is 1.93. The van der Waals surface area contributed by atoms with Gasteiger partial charge >= 0.3 is 0 Å². The van der Waals surface area contributed by atoms with Crippen LogP contribution in [0.3, 0.4) is 0 Å². The van der Waals surface area contributed by atoms with Gasteiger partial charge in [-0.25, -0.2) is 0 Å². The minimum Gasteiger partial charge on any atom is -0.445 e. The van der Waals surface area contributed by atoms with E-state index < -0.39 is 0 Å². The van der Waals surface area contributed by atoms with Crippen molar-refractivity contribution >= 4 is 17.7 Å². The van der Waals surface area contributed by atoms with E-state index in [9.17, 15) is 4.79 Å². The zero-order valence-electron chi connectivity index (χ0n) is 8.82. The Morgan fingerprint density at radius 3 is 2.93 bits per heavy atom. The Morgan fingerprint density at radius 2 is 2.40 bits per heavy atom. The third-order valence-corrected chi connectivity index (χ3v) is 2.55. The first kappa shape index (κ1) is 12.1. The molecule has 0 saturated heterocycles. The summed E-state index contributed by atoms with van der Waals surface area (Å²) in [5.41, 5.74) is 0. The van der Waals surface area contributed by atoms with E-state index in [0.717, 1.165) is 5.09 Å².